The van der Waals surface area contributed by atoms with Crippen LogP contribution in [0, 0.1) is 5.82 Å². The van der Waals surface area contributed by atoms with Gasteiger partial charge in [0.25, 0.3) is 0 Å². The second-order valence-corrected chi connectivity index (χ2v) is 5.56. The number of rotatable bonds is 5. The number of nitrogens with zero attached hydrogens (tertiary/aromatic N) is 4. The number of benzene rings is 1. The lowest BCUT2D eigenvalue weighted by Crippen LogP contribution is -2.30. The summed E-state index contributed by atoms with van der Waals surface area (Å²) in [5.41, 5.74) is 1.54. The molecule has 0 radical (unpaired) electrons. The number of carbonyl (C=O) groups excluding carboxylic acids is 1. The highest BCUT2D eigenvalue weighted by atomic mass is 19.1. The SMILES string of the molecule is CCCCOC(=O)C1=C(C)Nc2nnnn2[C@@H]1c1cccc(F)c1. The van der Waals surface area contributed by atoms with Crippen LogP contribution < -0.4 is 5.32 Å². The number of carbonyl (C=O) groups is 1. The molecule has 0 unspecified atom stereocenters. The second kappa shape index (κ2) is 6.77. The minimum Gasteiger partial charge on any atom is -0.462 e. The minimum absolute atomic E-state index is 0.338. The maximum absolute atomic E-state index is 13.7. The summed E-state index contributed by atoms with van der Waals surface area (Å²) < 4.78 is 20.5. The average molecular weight is 331 g/mol. The molecule has 8 heteroatoms. The summed E-state index contributed by atoms with van der Waals surface area (Å²) in [5.74, 6) is -0.451. The van der Waals surface area contributed by atoms with Gasteiger partial charge in [-0.05, 0) is 41.5 Å². The summed E-state index contributed by atoms with van der Waals surface area (Å²) in [6, 6.07) is 5.40. The van der Waals surface area contributed by atoms with Gasteiger partial charge in [0.1, 0.15) is 11.9 Å². The molecular formula is C16H18FN5O2. The standard InChI is InChI=1S/C16H18FN5O2/c1-3-4-8-24-15(23)13-10(2)18-16-19-20-21-22(16)14(13)11-6-5-7-12(17)9-11/h5-7,9,14H,3-4,8H2,1-2H3,(H,18,19,21)/t14-/m1/s1. The maximum Gasteiger partial charge on any atom is 0.338 e. The Morgan fingerprint density at radius 2 is 2.29 bits per heavy atom. The van der Waals surface area contributed by atoms with Crippen molar-refractivity contribution < 1.29 is 13.9 Å². The minimum atomic E-state index is -0.638. The first-order chi connectivity index (χ1) is 11.6. The molecule has 1 aliphatic heterocycles. The van der Waals surface area contributed by atoms with Crippen molar-refractivity contribution >= 4 is 11.9 Å². The number of fused-ring (bicyclic) bond motifs is 1. The second-order valence-electron chi connectivity index (χ2n) is 5.56. The number of hydrogen-bond acceptors (Lipinski definition) is 6. The summed E-state index contributed by atoms with van der Waals surface area (Å²) in [6.07, 6.45) is 1.71. The van der Waals surface area contributed by atoms with E-state index in [1.807, 2.05) is 6.92 Å². The van der Waals surface area contributed by atoms with Gasteiger partial charge in [0.05, 0.1) is 12.2 Å². The third kappa shape index (κ3) is 2.99. The molecule has 7 nitrogen and oxygen atoms in total. The van der Waals surface area contributed by atoms with Crippen LogP contribution in [0.5, 0.6) is 0 Å². The Balaban J connectivity index is 2.02. The van der Waals surface area contributed by atoms with Crippen LogP contribution in [0.3, 0.4) is 0 Å². The monoisotopic (exact) mass is 331 g/mol. The van der Waals surface area contributed by atoms with Crippen LogP contribution in [0.4, 0.5) is 10.3 Å². The fourth-order valence-electron chi connectivity index (χ4n) is 2.65. The highest BCUT2D eigenvalue weighted by Crippen LogP contribution is 2.34. The van der Waals surface area contributed by atoms with E-state index < -0.39 is 17.8 Å². The summed E-state index contributed by atoms with van der Waals surface area (Å²) in [6.45, 7) is 4.11. The lowest BCUT2D eigenvalue weighted by molar-refractivity contribution is -0.139. The lowest BCUT2D eigenvalue weighted by Gasteiger charge is -2.27. The van der Waals surface area contributed by atoms with Crippen molar-refractivity contribution in [2.24, 2.45) is 0 Å². The van der Waals surface area contributed by atoms with Gasteiger partial charge in [-0.3, -0.25) is 0 Å². The number of anilines is 1. The molecule has 0 bridgehead atoms. The molecule has 2 heterocycles. The number of ether oxygens (including phenoxy) is 1. The Morgan fingerprint density at radius 3 is 3.04 bits per heavy atom. The van der Waals surface area contributed by atoms with Crippen LogP contribution in [0.1, 0.15) is 38.3 Å². The largest absolute Gasteiger partial charge is 0.462 e. The van der Waals surface area contributed by atoms with Crippen molar-refractivity contribution in [2.45, 2.75) is 32.7 Å². The zero-order valence-electron chi connectivity index (χ0n) is 13.5. The number of aromatic nitrogens is 4. The Labute approximate surface area is 138 Å². The predicted octanol–water partition coefficient (Wildman–Crippen LogP) is 2.44. The number of unbranched alkanes of at least 4 members (excludes halogenated alkanes) is 1. The highest BCUT2D eigenvalue weighted by Gasteiger charge is 2.35. The average Bonchev–Trinajstić information content (AvgIpc) is 3.01. The smallest absolute Gasteiger partial charge is 0.338 e. The molecule has 1 N–H and O–H groups in total. The highest BCUT2D eigenvalue weighted by molar-refractivity contribution is 5.92. The van der Waals surface area contributed by atoms with E-state index in [-0.39, 0.29) is 0 Å². The number of hydrogen-bond donors (Lipinski definition) is 1. The third-order valence-electron chi connectivity index (χ3n) is 3.83. The summed E-state index contributed by atoms with van der Waals surface area (Å²) >= 11 is 0. The van der Waals surface area contributed by atoms with Gasteiger partial charge in [0, 0.05) is 5.70 Å². The van der Waals surface area contributed by atoms with Crippen molar-refractivity contribution in [1.82, 2.24) is 20.2 Å². The van der Waals surface area contributed by atoms with E-state index in [0.29, 0.717) is 29.4 Å². The van der Waals surface area contributed by atoms with Crippen molar-refractivity contribution in [2.75, 3.05) is 11.9 Å². The first kappa shape index (κ1) is 16.1. The van der Waals surface area contributed by atoms with Gasteiger partial charge in [0.15, 0.2) is 0 Å². The molecular weight excluding hydrogens is 313 g/mol. The molecule has 126 valence electrons. The molecule has 1 aromatic carbocycles. The van der Waals surface area contributed by atoms with E-state index in [4.69, 9.17) is 4.74 Å². The molecule has 24 heavy (non-hydrogen) atoms. The Hall–Kier alpha value is -2.77. The maximum atomic E-state index is 13.7. The molecule has 1 atom stereocenters. The van der Waals surface area contributed by atoms with Crippen LogP contribution in [0.25, 0.3) is 0 Å². The zero-order chi connectivity index (χ0) is 17.1. The van der Waals surface area contributed by atoms with E-state index in [1.165, 1.54) is 16.8 Å². The van der Waals surface area contributed by atoms with Gasteiger partial charge in [-0.25, -0.2) is 9.18 Å². The van der Waals surface area contributed by atoms with Gasteiger partial charge >= 0.3 is 5.97 Å². The van der Waals surface area contributed by atoms with Crippen LogP contribution in [0.2, 0.25) is 0 Å². The Bertz CT molecular complexity index is 786. The molecule has 3 rings (SSSR count). The van der Waals surface area contributed by atoms with Gasteiger partial charge in [-0.1, -0.05) is 30.6 Å². The molecule has 0 saturated heterocycles. The molecule has 0 saturated carbocycles. The number of nitrogens with one attached hydrogen (secondary N) is 1. The van der Waals surface area contributed by atoms with Crippen LogP contribution in [-0.2, 0) is 9.53 Å². The topological polar surface area (TPSA) is 81.9 Å². The molecule has 0 aliphatic carbocycles. The first-order valence-electron chi connectivity index (χ1n) is 7.80. The van der Waals surface area contributed by atoms with E-state index in [1.54, 1.807) is 19.1 Å². The van der Waals surface area contributed by atoms with E-state index in [9.17, 15) is 9.18 Å². The van der Waals surface area contributed by atoms with Crippen molar-refractivity contribution in [1.29, 1.82) is 0 Å². The molecule has 1 aliphatic rings. The Morgan fingerprint density at radius 1 is 1.46 bits per heavy atom. The normalized spacial score (nSPS) is 16.5. The Kier molecular flexibility index (Phi) is 4.54. The molecule has 0 spiro atoms. The number of esters is 1. The first-order valence-corrected chi connectivity index (χ1v) is 7.80. The van der Waals surface area contributed by atoms with Crippen LogP contribution in [-0.4, -0.2) is 32.8 Å². The fourth-order valence-corrected chi connectivity index (χ4v) is 2.65. The zero-order valence-corrected chi connectivity index (χ0v) is 13.5. The van der Waals surface area contributed by atoms with Gasteiger partial charge in [0.2, 0.25) is 5.95 Å². The molecule has 2 aromatic rings. The number of allylic oxidation sites excluding steroid dienone is 1. The van der Waals surface area contributed by atoms with Gasteiger partial charge in [-0.15, -0.1) is 0 Å². The van der Waals surface area contributed by atoms with E-state index in [0.717, 1.165) is 12.8 Å². The van der Waals surface area contributed by atoms with Crippen molar-refractivity contribution in [3.63, 3.8) is 0 Å². The number of halogens is 1. The molecule has 1 aromatic heterocycles. The number of tetrazole rings is 1. The molecule has 0 amide bonds. The van der Waals surface area contributed by atoms with Gasteiger partial charge < -0.3 is 10.1 Å². The van der Waals surface area contributed by atoms with E-state index in [2.05, 4.69) is 20.8 Å². The molecule has 0 fully saturated rings. The summed E-state index contributed by atoms with van der Waals surface area (Å²) in [5, 5.41) is 14.4. The van der Waals surface area contributed by atoms with Crippen molar-refractivity contribution in [3.8, 4) is 0 Å². The quantitative estimate of drug-likeness (QED) is 0.669. The summed E-state index contributed by atoms with van der Waals surface area (Å²) in [4.78, 5) is 12.6. The summed E-state index contributed by atoms with van der Waals surface area (Å²) in [7, 11) is 0. The fraction of sp³-hybridized carbons (Fsp3) is 0.375. The third-order valence-corrected chi connectivity index (χ3v) is 3.83. The lowest BCUT2D eigenvalue weighted by atomic mass is 9.96. The van der Waals surface area contributed by atoms with Crippen LogP contribution >= 0.6 is 0 Å². The van der Waals surface area contributed by atoms with Crippen LogP contribution in [0.15, 0.2) is 35.5 Å². The van der Waals surface area contributed by atoms with E-state index >= 15 is 0 Å². The van der Waals surface area contributed by atoms with Gasteiger partial charge in [-0.2, -0.15) is 4.68 Å². The predicted molar refractivity (Wildman–Crippen MR) is 84.5 cm³/mol. The van der Waals surface area contributed by atoms with Crippen molar-refractivity contribution in [3.05, 3.63) is 46.9 Å².